The number of nitrogens with one attached hydrogen (secondary N) is 1. The van der Waals surface area contributed by atoms with Gasteiger partial charge in [-0.2, -0.15) is 0 Å². The van der Waals surface area contributed by atoms with Crippen molar-refractivity contribution in [2.45, 2.75) is 19.3 Å². The Hall–Kier alpha value is -0.730. The minimum atomic E-state index is -3.00. The van der Waals surface area contributed by atoms with Crippen LogP contribution in [-0.2, 0) is 19.4 Å². The first-order valence-electron chi connectivity index (χ1n) is 6.12. The molecular formula is C11H20N2O4S2. The zero-order valence-electron chi connectivity index (χ0n) is 11.0. The van der Waals surface area contributed by atoms with E-state index in [1.54, 1.807) is 0 Å². The normalized spacial score (nSPS) is 18.8. The first kappa shape index (κ1) is 16.3. The molecule has 0 aromatic heterocycles. The van der Waals surface area contributed by atoms with E-state index in [0.29, 0.717) is 39.0 Å². The van der Waals surface area contributed by atoms with Gasteiger partial charge in [0.15, 0.2) is 0 Å². The molecule has 0 atom stereocenters. The average Bonchev–Trinajstić information content (AvgIpc) is 2.33. The second-order valence-corrected chi connectivity index (χ2v) is 7.50. The van der Waals surface area contributed by atoms with Crippen LogP contribution in [-0.4, -0.2) is 51.1 Å². The number of rotatable bonds is 6. The van der Waals surface area contributed by atoms with E-state index in [0.717, 1.165) is 0 Å². The van der Waals surface area contributed by atoms with E-state index in [2.05, 4.69) is 5.32 Å². The summed E-state index contributed by atoms with van der Waals surface area (Å²) >= 11 is 5.01. The van der Waals surface area contributed by atoms with E-state index in [4.69, 9.17) is 22.7 Å². The molecule has 1 rings (SSSR count). The van der Waals surface area contributed by atoms with Crippen molar-refractivity contribution in [3.63, 3.8) is 0 Å². The van der Waals surface area contributed by atoms with E-state index in [1.807, 2.05) is 0 Å². The third-order valence-corrected chi connectivity index (χ3v) is 4.65. The monoisotopic (exact) mass is 308 g/mol. The predicted octanol–water partition coefficient (Wildman–Crippen LogP) is -0.380. The van der Waals surface area contributed by atoms with Gasteiger partial charge in [-0.25, -0.2) is 8.42 Å². The van der Waals surface area contributed by atoms with Crippen molar-refractivity contribution in [3.8, 4) is 0 Å². The van der Waals surface area contributed by atoms with Crippen molar-refractivity contribution in [3.05, 3.63) is 0 Å². The third-order valence-electron chi connectivity index (χ3n) is 3.23. The molecular weight excluding hydrogens is 288 g/mol. The van der Waals surface area contributed by atoms with Crippen molar-refractivity contribution in [1.29, 1.82) is 0 Å². The van der Waals surface area contributed by atoms with Crippen LogP contribution in [0.15, 0.2) is 0 Å². The predicted molar refractivity (Wildman–Crippen MR) is 76.6 cm³/mol. The molecule has 0 radical (unpaired) electrons. The SMILES string of the molecule is CS(=O)(=O)CCCNC(=O)C1(C(N)=S)CCOCC1. The Kier molecular flexibility index (Phi) is 5.69. The fourth-order valence-electron chi connectivity index (χ4n) is 2.01. The molecule has 0 aromatic rings. The fraction of sp³-hybridized carbons (Fsp3) is 0.818. The lowest BCUT2D eigenvalue weighted by atomic mass is 9.79. The molecule has 19 heavy (non-hydrogen) atoms. The lowest BCUT2D eigenvalue weighted by Gasteiger charge is -2.34. The lowest BCUT2D eigenvalue weighted by molar-refractivity contribution is -0.131. The van der Waals surface area contributed by atoms with Crippen LogP contribution >= 0.6 is 12.2 Å². The topological polar surface area (TPSA) is 98.5 Å². The zero-order chi connectivity index (χ0) is 14.5. The van der Waals surface area contributed by atoms with Gasteiger partial charge in [0, 0.05) is 26.0 Å². The second-order valence-electron chi connectivity index (χ2n) is 4.80. The highest BCUT2D eigenvalue weighted by atomic mass is 32.2. The molecule has 110 valence electrons. The maximum Gasteiger partial charge on any atom is 0.233 e. The molecule has 1 heterocycles. The number of nitrogens with two attached hydrogens (primary N) is 1. The summed E-state index contributed by atoms with van der Waals surface area (Å²) in [6.45, 7) is 1.21. The smallest absolute Gasteiger partial charge is 0.233 e. The summed E-state index contributed by atoms with van der Waals surface area (Å²) < 4.78 is 27.2. The second kappa shape index (κ2) is 6.62. The Morgan fingerprint density at radius 1 is 1.42 bits per heavy atom. The molecule has 0 spiro atoms. The summed E-state index contributed by atoms with van der Waals surface area (Å²) in [5.74, 6) is -0.173. The number of hydrogen-bond donors (Lipinski definition) is 2. The van der Waals surface area contributed by atoms with Crippen LogP contribution in [0.2, 0.25) is 0 Å². The van der Waals surface area contributed by atoms with E-state index >= 15 is 0 Å². The molecule has 1 saturated heterocycles. The third kappa shape index (κ3) is 4.70. The summed E-state index contributed by atoms with van der Waals surface area (Å²) in [6.07, 6.45) is 2.50. The number of sulfone groups is 1. The van der Waals surface area contributed by atoms with Crippen LogP contribution in [0, 0.1) is 5.41 Å². The van der Waals surface area contributed by atoms with Gasteiger partial charge < -0.3 is 15.8 Å². The summed E-state index contributed by atoms with van der Waals surface area (Å²) in [7, 11) is -3.00. The van der Waals surface area contributed by atoms with Crippen molar-refractivity contribution in [2.75, 3.05) is 31.8 Å². The van der Waals surface area contributed by atoms with Gasteiger partial charge in [0.1, 0.15) is 15.3 Å². The Morgan fingerprint density at radius 3 is 2.47 bits per heavy atom. The van der Waals surface area contributed by atoms with Crippen LogP contribution in [0.1, 0.15) is 19.3 Å². The summed E-state index contributed by atoms with van der Waals surface area (Å²) in [5, 5.41) is 2.72. The first-order chi connectivity index (χ1) is 8.78. The molecule has 0 aliphatic carbocycles. The van der Waals surface area contributed by atoms with Crippen molar-refractivity contribution >= 4 is 33.0 Å². The number of ether oxygens (including phenoxy) is 1. The number of hydrogen-bond acceptors (Lipinski definition) is 5. The minimum Gasteiger partial charge on any atom is -0.392 e. The highest BCUT2D eigenvalue weighted by Crippen LogP contribution is 2.31. The highest BCUT2D eigenvalue weighted by Gasteiger charge is 2.42. The molecule has 0 saturated carbocycles. The Balaban J connectivity index is 2.52. The van der Waals surface area contributed by atoms with Crippen LogP contribution < -0.4 is 11.1 Å². The van der Waals surface area contributed by atoms with E-state index in [9.17, 15) is 13.2 Å². The van der Waals surface area contributed by atoms with Gasteiger partial charge in [-0.3, -0.25) is 4.79 Å². The summed E-state index contributed by atoms with van der Waals surface area (Å²) in [6, 6.07) is 0. The van der Waals surface area contributed by atoms with Gasteiger partial charge in [0.05, 0.1) is 10.7 Å². The molecule has 8 heteroatoms. The van der Waals surface area contributed by atoms with Crippen LogP contribution in [0.4, 0.5) is 0 Å². The van der Waals surface area contributed by atoms with Gasteiger partial charge >= 0.3 is 0 Å². The Labute approximate surface area is 119 Å². The molecule has 1 amide bonds. The number of carbonyl (C=O) groups excluding carboxylic acids is 1. The summed E-state index contributed by atoms with van der Waals surface area (Å²) in [5.41, 5.74) is 4.85. The van der Waals surface area contributed by atoms with E-state index in [-0.39, 0.29) is 16.6 Å². The molecule has 6 nitrogen and oxygen atoms in total. The molecule has 3 N–H and O–H groups in total. The molecule has 1 aliphatic rings. The quantitative estimate of drug-likeness (QED) is 0.513. The van der Waals surface area contributed by atoms with Crippen LogP contribution in [0.5, 0.6) is 0 Å². The van der Waals surface area contributed by atoms with Gasteiger partial charge in [0.25, 0.3) is 0 Å². The van der Waals surface area contributed by atoms with Gasteiger partial charge in [-0.15, -0.1) is 0 Å². The Bertz CT molecular complexity index is 442. The van der Waals surface area contributed by atoms with Crippen LogP contribution in [0.3, 0.4) is 0 Å². The minimum absolute atomic E-state index is 0.0520. The van der Waals surface area contributed by atoms with Crippen molar-refractivity contribution < 1.29 is 17.9 Å². The molecule has 0 unspecified atom stereocenters. The molecule has 1 aliphatic heterocycles. The Morgan fingerprint density at radius 2 is 2.00 bits per heavy atom. The van der Waals surface area contributed by atoms with Gasteiger partial charge in [-0.1, -0.05) is 12.2 Å². The lowest BCUT2D eigenvalue weighted by Crippen LogP contribution is -2.52. The van der Waals surface area contributed by atoms with E-state index < -0.39 is 15.3 Å². The van der Waals surface area contributed by atoms with E-state index in [1.165, 1.54) is 6.26 Å². The van der Waals surface area contributed by atoms with Gasteiger partial charge in [-0.05, 0) is 19.3 Å². The number of carbonyl (C=O) groups is 1. The van der Waals surface area contributed by atoms with Crippen molar-refractivity contribution in [1.82, 2.24) is 5.32 Å². The fourth-order valence-corrected chi connectivity index (χ4v) is 2.98. The van der Waals surface area contributed by atoms with Gasteiger partial charge in [0.2, 0.25) is 5.91 Å². The molecule has 1 fully saturated rings. The molecule has 0 bridgehead atoms. The maximum atomic E-state index is 12.2. The average molecular weight is 308 g/mol. The maximum absolute atomic E-state index is 12.2. The number of thiocarbonyl (C=S) groups is 1. The zero-order valence-corrected chi connectivity index (χ0v) is 12.6. The first-order valence-corrected chi connectivity index (χ1v) is 8.58. The highest BCUT2D eigenvalue weighted by molar-refractivity contribution is 7.90. The van der Waals surface area contributed by atoms with Crippen molar-refractivity contribution in [2.24, 2.45) is 11.1 Å². The summed E-state index contributed by atoms with van der Waals surface area (Å²) in [4.78, 5) is 12.4. The molecule has 0 aromatic carbocycles. The number of amides is 1. The van der Waals surface area contributed by atoms with Crippen LogP contribution in [0.25, 0.3) is 0 Å². The standard InChI is InChI=1S/C11H20N2O4S2/c1-19(15,16)8-2-5-13-10(14)11(9(12)18)3-6-17-7-4-11/h2-8H2,1H3,(H2,12,18)(H,13,14). The largest absolute Gasteiger partial charge is 0.392 e.